The molecular weight excluding hydrogens is 302 g/mol. The van der Waals surface area contributed by atoms with Crippen molar-refractivity contribution >= 4 is 29.9 Å². The van der Waals surface area contributed by atoms with Gasteiger partial charge >= 0.3 is 0 Å². The molecule has 122 valence electrons. The SMILES string of the molecule is CC(NC(=O)Cc1ccc(N)cc1)C(=O)N1CCCCC1.Cl. The number of anilines is 1. The van der Waals surface area contributed by atoms with Crippen LogP contribution in [0.4, 0.5) is 5.69 Å². The molecule has 1 aliphatic heterocycles. The van der Waals surface area contributed by atoms with E-state index in [0.29, 0.717) is 5.69 Å². The second kappa shape index (κ2) is 8.63. The minimum Gasteiger partial charge on any atom is -0.399 e. The molecule has 0 bridgehead atoms. The summed E-state index contributed by atoms with van der Waals surface area (Å²) in [6, 6.07) is 6.72. The lowest BCUT2D eigenvalue weighted by Crippen LogP contribution is -2.48. The van der Waals surface area contributed by atoms with Crippen molar-refractivity contribution < 1.29 is 9.59 Å². The van der Waals surface area contributed by atoms with Gasteiger partial charge in [-0.05, 0) is 43.9 Å². The predicted molar refractivity (Wildman–Crippen MR) is 89.8 cm³/mol. The van der Waals surface area contributed by atoms with Crippen LogP contribution in [0.15, 0.2) is 24.3 Å². The van der Waals surface area contributed by atoms with Crippen molar-refractivity contribution in [2.45, 2.75) is 38.6 Å². The first-order valence-corrected chi connectivity index (χ1v) is 7.49. The van der Waals surface area contributed by atoms with Crippen LogP contribution in [0, 0.1) is 0 Å². The number of nitrogens with one attached hydrogen (secondary N) is 1. The van der Waals surface area contributed by atoms with Crippen LogP contribution in [0.5, 0.6) is 0 Å². The van der Waals surface area contributed by atoms with Gasteiger partial charge in [0, 0.05) is 18.8 Å². The first-order chi connectivity index (χ1) is 10.1. The highest BCUT2D eigenvalue weighted by atomic mass is 35.5. The molecule has 5 nitrogen and oxygen atoms in total. The quantitative estimate of drug-likeness (QED) is 0.828. The van der Waals surface area contributed by atoms with Crippen LogP contribution in [-0.2, 0) is 16.0 Å². The Morgan fingerprint density at radius 2 is 1.77 bits per heavy atom. The average Bonchev–Trinajstić information content (AvgIpc) is 2.49. The molecule has 1 unspecified atom stereocenters. The van der Waals surface area contributed by atoms with Gasteiger partial charge in [0.2, 0.25) is 11.8 Å². The van der Waals surface area contributed by atoms with Gasteiger partial charge in [0.25, 0.3) is 0 Å². The zero-order valence-electron chi connectivity index (χ0n) is 12.9. The van der Waals surface area contributed by atoms with Crippen LogP contribution < -0.4 is 11.1 Å². The second-order valence-corrected chi connectivity index (χ2v) is 5.59. The van der Waals surface area contributed by atoms with E-state index in [4.69, 9.17) is 5.73 Å². The fourth-order valence-electron chi connectivity index (χ4n) is 2.56. The monoisotopic (exact) mass is 325 g/mol. The number of nitrogens with zero attached hydrogens (tertiary/aromatic N) is 1. The van der Waals surface area contributed by atoms with Crippen molar-refractivity contribution in [2.75, 3.05) is 18.8 Å². The molecule has 6 heteroatoms. The summed E-state index contributed by atoms with van der Waals surface area (Å²) in [6.45, 7) is 3.35. The van der Waals surface area contributed by atoms with Crippen molar-refractivity contribution in [2.24, 2.45) is 0 Å². The Bertz CT molecular complexity index is 499. The Kier molecular flexibility index (Phi) is 7.18. The molecule has 1 aliphatic rings. The van der Waals surface area contributed by atoms with Gasteiger partial charge in [-0.25, -0.2) is 0 Å². The number of hydrogen-bond donors (Lipinski definition) is 2. The van der Waals surface area contributed by atoms with Crippen LogP contribution in [0.25, 0.3) is 0 Å². The molecule has 1 heterocycles. The van der Waals surface area contributed by atoms with Crippen molar-refractivity contribution in [3.05, 3.63) is 29.8 Å². The number of nitrogens with two attached hydrogens (primary N) is 1. The number of nitrogen functional groups attached to an aromatic ring is 1. The highest BCUT2D eigenvalue weighted by Crippen LogP contribution is 2.10. The van der Waals surface area contributed by atoms with Gasteiger partial charge in [0.15, 0.2) is 0 Å². The van der Waals surface area contributed by atoms with E-state index < -0.39 is 6.04 Å². The number of hydrogen-bond acceptors (Lipinski definition) is 3. The third-order valence-corrected chi connectivity index (χ3v) is 3.76. The van der Waals surface area contributed by atoms with E-state index in [-0.39, 0.29) is 30.6 Å². The van der Waals surface area contributed by atoms with Gasteiger partial charge in [-0.3, -0.25) is 9.59 Å². The van der Waals surface area contributed by atoms with Gasteiger partial charge in [-0.2, -0.15) is 0 Å². The lowest BCUT2D eigenvalue weighted by Gasteiger charge is -2.29. The van der Waals surface area contributed by atoms with E-state index in [1.54, 1.807) is 19.1 Å². The number of carbonyl (C=O) groups excluding carboxylic acids is 2. The van der Waals surface area contributed by atoms with Gasteiger partial charge < -0.3 is 16.0 Å². The van der Waals surface area contributed by atoms with Gasteiger partial charge in [0.1, 0.15) is 6.04 Å². The van der Waals surface area contributed by atoms with Crippen LogP contribution in [-0.4, -0.2) is 35.8 Å². The summed E-state index contributed by atoms with van der Waals surface area (Å²) >= 11 is 0. The molecule has 1 aromatic carbocycles. The summed E-state index contributed by atoms with van der Waals surface area (Å²) in [5, 5.41) is 2.78. The Morgan fingerprint density at radius 3 is 2.36 bits per heavy atom. The fraction of sp³-hybridized carbons (Fsp3) is 0.500. The molecule has 0 aromatic heterocycles. The molecule has 1 saturated heterocycles. The number of halogens is 1. The molecular formula is C16H24ClN3O2. The van der Waals surface area contributed by atoms with Gasteiger partial charge in [0.05, 0.1) is 6.42 Å². The Labute approximate surface area is 137 Å². The zero-order chi connectivity index (χ0) is 15.2. The number of benzene rings is 1. The molecule has 1 aromatic rings. The molecule has 1 fully saturated rings. The first-order valence-electron chi connectivity index (χ1n) is 7.49. The van der Waals surface area contributed by atoms with Crippen molar-refractivity contribution in [1.82, 2.24) is 10.2 Å². The molecule has 2 rings (SSSR count). The number of likely N-dealkylation sites (tertiary alicyclic amines) is 1. The second-order valence-electron chi connectivity index (χ2n) is 5.59. The maximum atomic E-state index is 12.2. The summed E-state index contributed by atoms with van der Waals surface area (Å²) in [6.07, 6.45) is 3.55. The number of amides is 2. The van der Waals surface area contributed by atoms with Crippen molar-refractivity contribution in [3.63, 3.8) is 0 Å². The minimum absolute atomic E-state index is 0. The Morgan fingerprint density at radius 1 is 1.18 bits per heavy atom. The molecule has 0 saturated carbocycles. The predicted octanol–water partition coefficient (Wildman–Crippen LogP) is 1.75. The summed E-state index contributed by atoms with van der Waals surface area (Å²) in [5.41, 5.74) is 7.17. The molecule has 22 heavy (non-hydrogen) atoms. The molecule has 0 spiro atoms. The topological polar surface area (TPSA) is 75.4 Å². The van der Waals surface area contributed by atoms with E-state index in [2.05, 4.69) is 5.32 Å². The van der Waals surface area contributed by atoms with Crippen LogP contribution >= 0.6 is 12.4 Å². The van der Waals surface area contributed by atoms with E-state index in [1.165, 1.54) is 6.42 Å². The van der Waals surface area contributed by atoms with Crippen LogP contribution in [0.3, 0.4) is 0 Å². The van der Waals surface area contributed by atoms with Crippen molar-refractivity contribution in [3.8, 4) is 0 Å². The minimum atomic E-state index is -0.468. The maximum absolute atomic E-state index is 12.2. The largest absolute Gasteiger partial charge is 0.399 e. The maximum Gasteiger partial charge on any atom is 0.244 e. The summed E-state index contributed by atoms with van der Waals surface area (Å²) in [7, 11) is 0. The van der Waals surface area contributed by atoms with E-state index in [0.717, 1.165) is 31.5 Å². The number of rotatable bonds is 4. The lowest BCUT2D eigenvalue weighted by molar-refractivity contribution is -0.136. The molecule has 2 amide bonds. The van der Waals surface area contributed by atoms with Gasteiger partial charge in [-0.15, -0.1) is 12.4 Å². The third kappa shape index (κ3) is 5.22. The smallest absolute Gasteiger partial charge is 0.244 e. The van der Waals surface area contributed by atoms with Crippen LogP contribution in [0.2, 0.25) is 0 Å². The Hall–Kier alpha value is -1.75. The highest BCUT2D eigenvalue weighted by molar-refractivity contribution is 5.88. The molecule has 1 atom stereocenters. The summed E-state index contributed by atoms with van der Waals surface area (Å²) < 4.78 is 0. The zero-order valence-corrected chi connectivity index (χ0v) is 13.7. The highest BCUT2D eigenvalue weighted by Gasteiger charge is 2.23. The normalized spacial score (nSPS) is 15.6. The van der Waals surface area contributed by atoms with E-state index in [9.17, 15) is 9.59 Å². The standard InChI is InChI=1S/C16H23N3O2.ClH/c1-12(16(21)19-9-3-2-4-10-19)18-15(20)11-13-5-7-14(17)8-6-13;/h5-8,12H,2-4,9-11,17H2,1H3,(H,18,20);1H. The van der Waals surface area contributed by atoms with Crippen LogP contribution in [0.1, 0.15) is 31.7 Å². The fourth-order valence-corrected chi connectivity index (χ4v) is 2.56. The number of piperidine rings is 1. The van der Waals surface area contributed by atoms with Gasteiger partial charge in [-0.1, -0.05) is 12.1 Å². The lowest BCUT2D eigenvalue weighted by atomic mass is 10.1. The first kappa shape index (κ1) is 18.3. The Balaban J connectivity index is 0.00000242. The van der Waals surface area contributed by atoms with E-state index >= 15 is 0 Å². The average molecular weight is 326 g/mol. The van der Waals surface area contributed by atoms with E-state index in [1.807, 2.05) is 17.0 Å². The summed E-state index contributed by atoms with van der Waals surface area (Å²) in [4.78, 5) is 26.1. The van der Waals surface area contributed by atoms with Crippen molar-refractivity contribution in [1.29, 1.82) is 0 Å². The number of carbonyl (C=O) groups is 2. The third-order valence-electron chi connectivity index (χ3n) is 3.76. The molecule has 0 aliphatic carbocycles. The molecule has 3 N–H and O–H groups in total. The molecule has 0 radical (unpaired) electrons. The summed E-state index contributed by atoms with van der Waals surface area (Å²) in [5.74, 6) is -0.127.